The summed E-state index contributed by atoms with van der Waals surface area (Å²) in [6, 6.07) is 10.6. The third kappa shape index (κ3) is 2.86. The van der Waals surface area contributed by atoms with Crippen molar-refractivity contribution in [3.05, 3.63) is 71.9 Å². The summed E-state index contributed by atoms with van der Waals surface area (Å²) in [4.78, 5) is 7.66. The Morgan fingerprint density at radius 2 is 2.09 bits per heavy atom. The summed E-state index contributed by atoms with van der Waals surface area (Å²) in [5, 5.41) is 4.16. The second-order valence-corrected chi connectivity index (χ2v) is 5.52. The van der Waals surface area contributed by atoms with E-state index < -0.39 is 0 Å². The summed E-state index contributed by atoms with van der Waals surface area (Å²) in [6.07, 6.45) is 1.85. The molecule has 0 fully saturated rings. The average Bonchev–Trinajstić information content (AvgIpc) is 2.91. The third-order valence-corrected chi connectivity index (χ3v) is 3.68. The van der Waals surface area contributed by atoms with Gasteiger partial charge in [0.1, 0.15) is 5.82 Å². The van der Waals surface area contributed by atoms with Gasteiger partial charge in [0.15, 0.2) is 0 Å². The molecule has 1 unspecified atom stereocenters. The lowest BCUT2D eigenvalue weighted by Crippen LogP contribution is -2.17. The molecule has 2 aromatic heterocycles. The summed E-state index contributed by atoms with van der Waals surface area (Å²) in [5.74, 6) is -0.242. The van der Waals surface area contributed by atoms with Crippen molar-refractivity contribution in [1.29, 1.82) is 0 Å². The number of aromatic amines is 1. The highest BCUT2D eigenvalue weighted by Gasteiger charge is 2.10. The number of aromatic nitrogens is 2. The van der Waals surface area contributed by atoms with Crippen LogP contribution in [0.5, 0.6) is 0 Å². The Bertz CT molecular complexity index is 818. The number of fused-ring (bicyclic) bond motifs is 1. The van der Waals surface area contributed by atoms with Crippen LogP contribution >= 0.6 is 0 Å². The Kier molecular flexibility index (Phi) is 3.67. The molecule has 2 N–H and O–H groups in total. The van der Waals surface area contributed by atoms with Crippen molar-refractivity contribution in [2.75, 3.05) is 0 Å². The fourth-order valence-corrected chi connectivity index (χ4v) is 2.41. The van der Waals surface area contributed by atoms with Gasteiger partial charge in [0.2, 0.25) is 0 Å². The van der Waals surface area contributed by atoms with Crippen LogP contribution in [0.15, 0.2) is 49.2 Å². The summed E-state index contributed by atoms with van der Waals surface area (Å²) < 4.78 is 13.3. The summed E-state index contributed by atoms with van der Waals surface area (Å²) in [6.45, 7) is 8.11. The van der Waals surface area contributed by atoms with Crippen molar-refractivity contribution < 1.29 is 4.39 Å². The quantitative estimate of drug-likeness (QED) is 0.752. The van der Waals surface area contributed by atoms with E-state index in [0.717, 1.165) is 33.6 Å². The van der Waals surface area contributed by atoms with Crippen molar-refractivity contribution in [2.24, 2.45) is 0 Å². The minimum absolute atomic E-state index is 0.0382. The van der Waals surface area contributed by atoms with E-state index in [1.807, 2.05) is 38.2 Å². The van der Waals surface area contributed by atoms with E-state index in [9.17, 15) is 4.39 Å². The summed E-state index contributed by atoms with van der Waals surface area (Å²) >= 11 is 0. The fourth-order valence-electron chi connectivity index (χ4n) is 2.41. The van der Waals surface area contributed by atoms with Gasteiger partial charge in [-0.15, -0.1) is 0 Å². The average molecular weight is 295 g/mol. The molecule has 3 nitrogen and oxygen atoms in total. The molecule has 3 rings (SSSR count). The van der Waals surface area contributed by atoms with Crippen molar-refractivity contribution in [2.45, 2.75) is 19.9 Å². The first-order valence-electron chi connectivity index (χ1n) is 7.19. The summed E-state index contributed by atoms with van der Waals surface area (Å²) in [7, 11) is 0. The maximum Gasteiger partial charge on any atom is 0.123 e. The molecule has 3 aromatic rings. The van der Waals surface area contributed by atoms with E-state index in [4.69, 9.17) is 0 Å². The van der Waals surface area contributed by atoms with Gasteiger partial charge < -0.3 is 10.3 Å². The summed E-state index contributed by atoms with van der Waals surface area (Å²) in [5.41, 5.74) is 4.58. The van der Waals surface area contributed by atoms with E-state index in [2.05, 4.69) is 21.9 Å². The normalized spacial score (nSPS) is 12.3. The monoisotopic (exact) mass is 295 g/mol. The van der Waals surface area contributed by atoms with E-state index in [1.54, 1.807) is 6.07 Å². The highest BCUT2D eigenvalue weighted by Crippen LogP contribution is 2.21. The van der Waals surface area contributed by atoms with Crippen LogP contribution in [-0.2, 0) is 0 Å². The third-order valence-electron chi connectivity index (χ3n) is 3.68. The minimum Gasteiger partial charge on any atom is -0.376 e. The Morgan fingerprint density at radius 1 is 1.27 bits per heavy atom. The van der Waals surface area contributed by atoms with E-state index in [-0.39, 0.29) is 11.9 Å². The molecule has 0 saturated heterocycles. The van der Waals surface area contributed by atoms with Crippen LogP contribution in [0.3, 0.4) is 0 Å². The number of rotatable bonds is 4. The highest BCUT2D eigenvalue weighted by atomic mass is 19.1. The van der Waals surface area contributed by atoms with Gasteiger partial charge in [-0.1, -0.05) is 12.6 Å². The zero-order chi connectivity index (χ0) is 15.7. The molecule has 2 heterocycles. The molecule has 0 spiro atoms. The van der Waals surface area contributed by atoms with Crippen molar-refractivity contribution in [3.63, 3.8) is 0 Å². The van der Waals surface area contributed by atoms with Gasteiger partial charge in [0.05, 0.1) is 23.1 Å². The molecule has 0 aliphatic carbocycles. The molecular weight excluding hydrogens is 277 g/mol. The number of halogens is 1. The number of H-pyrrole nitrogens is 1. The van der Waals surface area contributed by atoms with Gasteiger partial charge in [-0.05, 0) is 49.7 Å². The van der Waals surface area contributed by atoms with Crippen LogP contribution in [0, 0.1) is 12.7 Å². The molecular formula is C18H18FN3. The van der Waals surface area contributed by atoms with Gasteiger partial charge >= 0.3 is 0 Å². The largest absolute Gasteiger partial charge is 0.376 e. The van der Waals surface area contributed by atoms with E-state index in [1.165, 1.54) is 12.1 Å². The van der Waals surface area contributed by atoms with Gasteiger partial charge in [0, 0.05) is 17.1 Å². The number of hydrogen-bond donors (Lipinski definition) is 2. The molecule has 0 aliphatic rings. The van der Waals surface area contributed by atoms with Crippen LogP contribution in [-0.4, -0.2) is 9.97 Å². The lowest BCUT2D eigenvalue weighted by molar-refractivity contribution is 0.630. The zero-order valence-electron chi connectivity index (χ0n) is 12.7. The zero-order valence-corrected chi connectivity index (χ0v) is 12.7. The van der Waals surface area contributed by atoms with Crippen molar-refractivity contribution in [1.82, 2.24) is 15.3 Å². The number of aryl methyl sites for hydroxylation is 1. The number of nitrogens with zero attached hydrogens (tertiary/aromatic N) is 1. The number of pyridine rings is 1. The number of benzene rings is 1. The molecule has 4 heteroatoms. The topological polar surface area (TPSA) is 40.7 Å². The molecule has 0 bridgehead atoms. The molecule has 0 radical (unpaired) electrons. The lowest BCUT2D eigenvalue weighted by Gasteiger charge is -2.16. The second kappa shape index (κ2) is 5.64. The molecule has 1 atom stereocenters. The standard InChI is InChI=1S/C18H18FN3/c1-11-4-6-16(20-10-11)12(2)21-13(3)18-9-14-8-15(19)5-7-17(14)22-18/h4-10,12,21-22H,3H2,1-2H3. The van der Waals surface area contributed by atoms with Crippen LogP contribution in [0.4, 0.5) is 4.39 Å². The maximum absolute atomic E-state index is 13.3. The number of hydrogen-bond acceptors (Lipinski definition) is 2. The first-order chi connectivity index (χ1) is 10.5. The highest BCUT2D eigenvalue weighted by molar-refractivity contribution is 5.84. The minimum atomic E-state index is -0.242. The SMILES string of the molecule is C=C(NC(C)c1ccc(C)cn1)c1cc2cc(F)ccc2[nH]1. The first kappa shape index (κ1) is 14.3. The van der Waals surface area contributed by atoms with E-state index in [0.29, 0.717) is 0 Å². The predicted molar refractivity (Wildman–Crippen MR) is 87.8 cm³/mol. The molecule has 0 saturated carbocycles. The van der Waals surface area contributed by atoms with Gasteiger partial charge in [-0.2, -0.15) is 0 Å². The predicted octanol–water partition coefficient (Wildman–Crippen LogP) is 4.33. The van der Waals surface area contributed by atoms with Gasteiger partial charge in [-0.3, -0.25) is 4.98 Å². The Hall–Kier alpha value is -2.62. The van der Waals surface area contributed by atoms with Crippen LogP contribution in [0.1, 0.15) is 29.9 Å². The molecule has 0 amide bonds. The Labute approximate surface area is 128 Å². The Morgan fingerprint density at radius 3 is 2.82 bits per heavy atom. The number of nitrogens with one attached hydrogen (secondary N) is 2. The Balaban J connectivity index is 1.79. The molecule has 0 aliphatic heterocycles. The second-order valence-electron chi connectivity index (χ2n) is 5.52. The first-order valence-corrected chi connectivity index (χ1v) is 7.19. The maximum atomic E-state index is 13.3. The van der Waals surface area contributed by atoms with Crippen molar-refractivity contribution >= 4 is 16.6 Å². The van der Waals surface area contributed by atoms with Gasteiger partial charge in [0.25, 0.3) is 0 Å². The molecule has 22 heavy (non-hydrogen) atoms. The van der Waals surface area contributed by atoms with Crippen molar-refractivity contribution in [3.8, 4) is 0 Å². The molecule has 1 aromatic carbocycles. The smallest absolute Gasteiger partial charge is 0.123 e. The van der Waals surface area contributed by atoms with Crippen LogP contribution in [0.2, 0.25) is 0 Å². The van der Waals surface area contributed by atoms with Crippen LogP contribution < -0.4 is 5.32 Å². The lowest BCUT2D eigenvalue weighted by atomic mass is 10.1. The van der Waals surface area contributed by atoms with E-state index >= 15 is 0 Å². The van der Waals surface area contributed by atoms with Gasteiger partial charge in [-0.25, -0.2) is 4.39 Å². The molecule has 112 valence electrons. The van der Waals surface area contributed by atoms with Crippen LogP contribution in [0.25, 0.3) is 16.6 Å². The fraction of sp³-hybridized carbons (Fsp3) is 0.167.